The van der Waals surface area contributed by atoms with E-state index in [1.165, 1.54) is 0 Å². The van der Waals surface area contributed by atoms with Gasteiger partial charge in [0, 0.05) is 5.69 Å². The summed E-state index contributed by atoms with van der Waals surface area (Å²) < 4.78 is 0. The van der Waals surface area contributed by atoms with E-state index >= 15 is 0 Å². The van der Waals surface area contributed by atoms with E-state index in [1.54, 1.807) is 35.2 Å². The Morgan fingerprint density at radius 2 is 1.80 bits per heavy atom. The highest BCUT2D eigenvalue weighted by Gasteiger charge is 2.29. The van der Waals surface area contributed by atoms with Crippen LogP contribution in [0.15, 0.2) is 42.5 Å². The molecule has 0 radical (unpaired) electrons. The van der Waals surface area contributed by atoms with E-state index in [0.29, 0.717) is 20.7 Å². The Hall–Kier alpha value is -1.75. The van der Waals surface area contributed by atoms with Crippen LogP contribution in [-0.2, 0) is 0 Å². The molecule has 1 heterocycles. The van der Waals surface area contributed by atoms with E-state index in [0.717, 1.165) is 11.4 Å². The van der Waals surface area contributed by atoms with Crippen molar-refractivity contribution < 1.29 is 10.0 Å². The number of hydroxylamine groups is 2. The number of fused-ring (bicyclic) bond motifs is 1. The average molecular weight is 309 g/mol. The predicted octanol–water partition coefficient (Wildman–Crippen LogP) is 3.93. The van der Waals surface area contributed by atoms with Crippen LogP contribution in [0.1, 0.15) is 10.4 Å². The summed E-state index contributed by atoms with van der Waals surface area (Å²) >= 11 is 11.9. The molecule has 4 nitrogen and oxygen atoms in total. The highest BCUT2D eigenvalue weighted by Crippen LogP contribution is 2.35. The zero-order valence-corrected chi connectivity index (χ0v) is 11.8. The van der Waals surface area contributed by atoms with Gasteiger partial charge in [-0.2, -0.15) is 5.06 Å². The number of carbonyl (C=O) groups excluding carboxylic acids is 1. The summed E-state index contributed by atoms with van der Waals surface area (Å²) in [7, 11) is 0. The van der Waals surface area contributed by atoms with Crippen LogP contribution in [0.3, 0.4) is 0 Å². The van der Waals surface area contributed by atoms with Crippen LogP contribution < -0.4 is 4.90 Å². The molecule has 0 unspecified atom stereocenters. The number of amides is 1. The van der Waals surface area contributed by atoms with Gasteiger partial charge in [0.15, 0.2) is 0 Å². The Labute approximate surface area is 125 Å². The van der Waals surface area contributed by atoms with Gasteiger partial charge < -0.3 is 4.90 Å². The minimum Gasteiger partial charge on any atom is -0.320 e. The largest absolute Gasteiger partial charge is 0.320 e. The number of carbonyl (C=O) groups is 1. The summed E-state index contributed by atoms with van der Waals surface area (Å²) in [6.45, 7) is 0.0355. The van der Waals surface area contributed by atoms with E-state index in [1.807, 2.05) is 12.1 Å². The molecule has 1 aliphatic rings. The van der Waals surface area contributed by atoms with Crippen LogP contribution in [0, 0.1) is 0 Å². The zero-order valence-electron chi connectivity index (χ0n) is 10.3. The Balaban J connectivity index is 2.12. The summed E-state index contributed by atoms with van der Waals surface area (Å²) in [5.41, 5.74) is 1.91. The molecule has 0 atom stereocenters. The van der Waals surface area contributed by atoms with Crippen LogP contribution in [0.25, 0.3) is 0 Å². The lowest BCUT2D eigenvalue weighted by Crippen LogP contribution is -2.42. The van der Waals surface area contributed by atoms with Crippen LogP contribution in [0.4, 0.5) is 11.4 Å². The Morgan fingerprint density at radius 1 is 1.05 bits per heavy atom. The van der Waals surface area contributed by atoms with Gasteiger partial charge in [0.25, 0.3) is 5.91 Å². The number of nitrogens with zero attached hydrogens (tertiary/aromatic N) is 2. The predicted molar refractivity (Wildman–Crippen MR) is 77.9 cm³/mol. The number of benzene rings is 2. The molecule has 0 bridgehead atoms. The van der Waals surface area contributed by atoms with Crippen LogP contribution in [0.2, 0.25) is 10.0 Å². The number of rotatable bonds is 1. The number of para-hydroxylation sites is 1. The Morgan fingerprint density at radius 3 is 2.55 bits per heavy atom. The van der Waals surface area contributed by atoms with Crippen molar-refractivity contribution >= 4 is 40.5 Å². The maximum atomic E-state index is 11.9. The van der Waals surface area contributed by atoms with Gasteiger partial charge in [-0.3, -0.25) is 10.0 Å². The second-order valence-electron chi connectivity index (χ2n) is 4.39. The third kappa shape index (κ3) is 2.12. The van der Waals surface area contributed by atoms with Crippen molar-refractivity contribution in [2.24, 2.45) is 0 Å². The molecule has 0 fully saturated rings. The summed E-state index contributed by atoms with van der Waals surface area (Å²) in [5, 5.41) is 11.3. The molecule has 1 N–H and O–H groups in total. The smallest absolute Gasteiger partial charge is 0.281 e. The first-order chi connectivity index (χ1) is 9.58. The zero-order chi connectivity index (χ0) is 14.3. The van der Waals surface area contributed by atoms with Crippen molar-refractivity contribution in [1.29, 1.82) is 0 Å². The quantitative estimate of drug-likeness (QED) is 0.812. The van der Waals surface area contributed by atoms with Crippen LogP contribution in [0.5, 0.6) is 0 Å². The normalized spacial score (nSPS) is 14.4. The van der Waals surface area contributed by atoms with Crippen molar-refractivity contribution in [3.63, 3.8) is 0 Å². The van der Waals surface area contributed by atoms with Crippen molar-refractivity contribution in [3.05, 3.63) is 58.1 Å². The number of halogens is 2. The molecule has 2 aromatic carbocycles. The molecule has 2 aromatic rings. The fourth-order valence-corrected chi connectivity index (χ4v) is 2.47. The first kappa shape index (κ1) is 13.2. The molecule has 102 valence electrons. The molecule has 20 heavy (non-hydrogen) atoms. The summed E-state index contributed by atoms with van der Waals surface area (Å²) in [4.78, 5) is 13.7. The van der Waals surface area contributed by atoms with Gasteiger partial charge >= 0.3 is 0 Å². The van der Waals surface area contributed by atoms with E-state index in [2.05, 4.69) is 0 Å². The van der Waals surface area contributed by atoms with Crippen molar-refractivity contribution in [1.82, 2.24) is 5.06 Å². The minimum atomic E-state index is -0.420. The number of anilines is 2. The summed E-state index contributed by atoms with van der Waals surface area (Å²) in [6.07, 6.45) is 0. The summed E-state index contributed by atoms with van der Waals surface area (Å²) in [6, 6.07) is 12.2. The van der Waals surface area contributed by atoms with Gasteiger partial charge in [0.2, 0.25) is 0 Å². The van der Waals surface area contributed by atoms with E-state index in [4.69, 9.17) is 23.2 Å². The lowest BCUT2D eigenvalue weighted by Gasteiger charge is -2.34. The molecule has 3 rings (SSSR count). The van der Waals surface area contributed by atoms with Crippen LogP contribution >= 0.6 is 23.2 Å². The van der Waals surface area contributed by atoms with Crippen molar-refractivity contribution in [2.75, 3.05) is 11.6 Å². The molecule has 0 aliphatic carbocycles. The third-order valence-electron chi connectivity index (χ3n) is 3.15. The molecule has 0 saturated carbocycles. The first-order valence-corrected chi connectivity index (χ1v) is 6.66. The molecular weight excluding hydrogens is 299 g/mol. The molecule has 0 saturated heterocycles. The van der Waals surface area contributed by atoms with Gasteiger partial charge in [-0.1, -0.05) is 35.3 Å². The van der Waals surface area contributed by atoms with Gasteiger partial charge in [-0.15, -0.1) is 0 Å². The molecule has 0 aromatic heterocycles. The molecular formula is C14H10Cl2N2O2. The number of hydrogen-bond acceptors (Lipinski definition) is 3. The monoisotopic (exact) mass is 308 g/mol. The van der Waals surface area contributed by atoms with E-state index < -0.39 is 5.91 Å². The second kappa shape index (κ2) is 4.98. The van der Waals surface area contributed by atoms with Gasteiger partial charge in [0.05, 0.1) is 21.3 Å². The lowest BCUT2D eigenvalue weighted by atomic mass is 10.1. The van der Waals surface area contributed by atoms with Crippen molar-refractivity contribution in [2.45, 2.75) is 0 Å². The fourth-order valence-electron chi connectivity index (χ4n) is 2.18. The standard InChI is InChI=1S/C14H10Cl2N2O2/c15-11-6-5-9(7-12(11)16)17-8-18(20)14(19)10-3-1-2-4-13(10)17/h1-7,20H,8H2. The maximum Gasteiger partial charge on any atom is 0.281 e. The maximum absolute atomic E-state index is 11.9. The summed E-state index contributed by atoms with van der Waals surface area (Å²) in [5.74, 6) is -0.420. The van der Waals surface area contributed by atoms with E-state index in [-0.39, 0.29) is 6.67 Å². The third-order valence-corrected chi connectivity index (χ3v) is 3.89. The lowest BCUT2D eigenvalue weighted by molar-refractivity contribution is -0.0583. The SMILES string of the molecule is O=C1c2ccccc2N(c2ccc(Cl)c(Cl)c2)CN1O. The fraction of sp³-hybridized carbons (Fsp3) is 0.0714. The Bertz CT molecular complexity index is 691. The Kier molecular flexibility index (Phi) is 3.30. The minimum absolute atomic E-state index is 0.0355. The van der Waals surface area contributed by atoms with Crippen molar-refractivity contribution in [3.8, 4) is 0 Å². The average Bonchev–Trinajstić information content (AvgIpc) is 2.46. The van der Waals surface area contributed by atoms with Gasteiger partial charge in [-0.05, 0) is 30.3 Å². The second-order valence-corrected chi connectivity index (χ2v) is 5.20. The molecule has 6 heteroatoms. The van der Waals surface area contributed by atoms with Gasteiger partial charge in [-0.25, -0.2) is 0 Å². The molecule has 1 aliphatic heterocycles. The highest BCUT2D eigenvalue weighted by molar-refractivity contribution is 6.42. The molecule has 1 amide bonds. The van der Waals surface area contributed by atoms with E-state index in [9.17, 15) is 10.0 Å². The topological polar surface area (TPSA) is 43.8 Å². The first-order valence-electron chi connectivity index (χ1n) is 5.90. The van der Waals surface area contributed by atoms with Gasteiger partial charge in [0.1, 0.15) is 6.67 Å². The number of hydrogen-bond donors (Lipinski definition) is 1. The highest BCUT2D eigenvalue weighted by atomic mass is 35.5. The van der Waals surface area contributed by atoms with Crippen LogP contribution in [-0.4, -0.2) is 22.8 Å². The molecule has 0 spiro atoms.